The number of carbonyl (C=O) groups excluding carboxylic acids is 1. The van der Waals surface area contributed by atoms with Gasteiger partial charge in [0.1, 0.15) is 0 Å². The van der Waals surface area contributed by atoms with E-state index in [-0.39, 0.29) is 0 Å². The van der Waals surface area contributed by atoms with E-state index in [9.17, 15) is 4.79 Å². The number of rotatable bonds is 3. The molecule has 0 radical (unpaired) electrons. The summed E-state index contributed by atoms with van der Waals surface area (Å²) in [5, 5.41) is 1.04. The van der Waals surface area contributed by atoms with Crippen LogP contribution in [0.3, 0.4) is 0 Å². The lowest BCUT2D eigenvalue weighted by atomic mass is 9.87. The minimum atomic E-state index is 0.376. The lowest BCUT2D eigenvalue weighted by molar-refractivity contribution is -0.137. The summed E-state index contributed by atoms with van der Waals surface area (Å²) in [6.07, 6.45) is 6.35. The largest absolute Gasteiger partial charge is 0.341 e. The fourth-order valence-corrected chi connectivity index (χ4v) is 4.82. The van der Waals surface area contributed by atoms with E-state index in [4.69, 9.17) is 0 Å². The maximum Gasteiger partial charge on any atom is 0.226 e. The van der Waals surface area contributed by atoms with Gasteiger partial charge in [-0.25, -0.2) is 0 Å². The standard InChI is InChI=1S/C15H25BrN2O/c16-4-7-17-5-1-6-18(9-8-17)15(19)14-11-12-2-3-13(14)10-12/h12-14H,1-11H2. The second-order valence-electron chi connectivity index (χ2n) is 6.49. The third kappa shape index (κ3) is 2.99. The zero-order chi connectivity index (χ0) is 13.2. The van der Waals surface area contributed by atoms with E-state index in [1.54, 1.807) is 0 Å². The molecule has 3 rings (SSSR count). The topological polar surface area (TPSA) is 23.6 Å². The van der Waals surface area contributed by atoms with Crippen molar-refractivity contribution < 1.29 is 4.79 Å². The smallest absolute Gasteiger partial charge is 0.226 e. The molecule has 0 aromatic rings. The van der Waals surface area contributed by atoms with E-state index in [1.807, 2.05) is 0 Å². The number of hydrogen-bond donors (Lipinski definition) is 0. The molecule has 3 atom stereocenters. The summed E-state index contributed by atoms with van der Waals surface area (Å²) in [4.78, 5) is 17.3. The number of amides is 1. The lowest BCUT2D eigenvalue weighted by Crippen LogP contribution is -2.40. The molecule has 108 valence electrons. The number of halogens is 1. The van der Waals surface area contributed by atoms with Gasteiger partial charge in [0.2, 0.25) is 5.91 Å². The number of hydrogen-bond acceptors (Lipinski definition) is 2. The predicted molar refractivity (Wildman–Crippen MR) is 80.4 cm³/mol. The minimum absolute atomic E-state index is 0.376. The van der Waals surface area contributed by atoms with Crippen molar-refractivity contribution in [2.45, 2.75) is 32.1 Å². The zero-order valence-electron chi connectivity index (χ0n) is 11.7. The molecule has 3 aliphatic rings. The Balaban J connectivity index is 1.55. The van der Waals surface area contributed by atoms with Crippen LogP contribution in [-0.2, 0) is 4.79 Å². The molecule has 1 heterocycles. The van der Waals surface area contributed by atoms with Gasteiger partial charge in [-0.3, -0.25) is 4.79 Å². The molecule has 2 aliphatic carbocycles. The van der Waals surface area contributed by atoms with Gasteiger partial charge in [0, 0.05) is 37.4 Å². The first-order chi connectivity index (χ1) is 9.28. The minimum Gasteiger partial charge on any atom is -0.341 e. The van der Waals surface area contributed by atoms with Crippen molar-refractivity contribution in [3.8, 4) is 0 Å². The Kier molecular flexibility index (Phi) is 4.47. The summed E-state index contributed by atoms with van der Waals surface area (Å²) in [6, 6.07) is 0. The maximum absolute atomic E-state index is 12.7. The van der Waals surface area contributed by atoms with E-state index >= 15 is 0 Å². The molecular formula is C15H25BrN2O. The van der Waals surface area contributed by atoms with Crippen molar-refractivity contribution in [3.63, 3.8) is 0 Å². The first-order valence-electron chi connectivity index (χ1n) is 7.85. The Labute approximate surface area is 124 Å². The van der Waals surface area contributed by atoms with Crippen LogP contribution < -0.4 is 0 Å². The molecule has 3 nitrogen and oxygen atoms in total. The van der Waals surface area contributed by atoms with Crippen LogP contribution in [0.1, 0.15) is 32.1 Å². The van der Waals surface area contributed by atoms with Crippen LogP contribution >= 0.6 is 15.9 Å². The zero-order valence-corrected chi connectivity index (χ0v) is 13.3. The van der Waals surface area contributed by atoms with Crippen LogP contribution in [0.2, 0.25) is 0 Å². The van der Waals surface area contributed by atoms with Crippen molar-refractivity contribution in [1.82, 2.24) is 9.80 Å². The van der Waals surface area contributed by atoms with Crippen molar-refractivity contribution in [1.29, 1.82) is 0 Å². The summed E-state index contributed by atoms with van der Waals surface area (Å²) in [7, 11) is 0. The highest BCUT2D eigenvalue weighted by molar-refractivity contribution is 9.09. The molecule has 1 amide bonds. The summed E-state index contributed by atoms with van der Waals surface area (Å²) < 4.78 is 0. The predicted octanol–water partition coefficient (Wildman–Crippen LogP) is 2.35. The number of alkyl halides is 1. The fourth-order valence-electron chi connectivity index (χ4n) is 4.32. The van der Waals surface area contributed by atoms with Crippen LogP contribution in [0.15, 0.2) is 0 Å². The van der Waals surface area contributed by atoms with E-state index < -0.39 is 0 Å². The highest BCUT2D eigenvalue weighted by atomic mass is 79.9. The van der Waals surface area contributed by atoms with Gasteiger partial charge in [-0.05, 0) is 44.1 Å². The fraction of sp³-hybridized carbons (Fsp3) is 0.933. The van der Waals surface area contributed by atoms with Crippen LogP contribution in [0.4, 0.5) is 0 Å². The Hall–Kier alpha value is -0.0900. The van der Waals surface area contributed by atoms with Gasteiger partial charge in [-0.15, -0.1) is 0 Å². The van der Waals surface area contributed by atoms with Gasteiger partial charge >= 0.3 is 0 Å². The lowest BCUT2D eigenvalue weighted by Gasteiger charge is -2.28. The Bertz CT molecular complexity index is 336. The van der Waals surface area contributed by atoms with Gasteiger partial charge in [0.25, 0.3) is 0 Å². The molecule has 2 bridgehead atoms. The van der Waals surface area contributed by atoms with Crippen molar-refractivity contribution in [2.75, 3.05) is 38.1 Å². The molecule has 19 heavy (non-hydrogen) atoms. The molecule has 0 aromatic heterocycles. The van der Waals surface area contributed by atoms with Crippen molar-refractivity contribution >= 4 is 21.8 Å². The Morgan fingerprint density at radius 2 is 2.00 bits per heavy atom. The quantitative estimate of drug-likeness (QED) is 0.742. The first-order valence-corrected chi connectivity index (χ1v) is 8.97. The molecule has 3 fully saturated rings. The van der Waals surface area contributed by atoms with Crippen LogP contribution in [0.5, 0.6) is 0 Å². The van der Waals surface area contributed by atoms with E-state index in [0.29, 0.717) is 11.8 Å². The molecule has 2 saturated carbocycles. The normalized spacial score (nSPS) is 35.6. The van der Waals surface area contributed by atoms with Gasteiger partial charge < -0.3 is 9.80 Å². The van der Waals surface area contributed by atoms with E-state index in [1.165, 1.54) is 25.7 Å². The first kappa shape index (κ1) is 13.9. The van der Waals surface area contributed by atoms with Crippen LogP contribution in [-0.4, -0.2) is 53.8 Å². The summed E-state index contributed by atoms with van der Waals surface area (Å²) in [5.74, 6) is 2.45. The van der Waals surface area contributed by atoms with Gasteiger partial charge in [0.15, 0.2) is 0 Å². The van der Waals surface area contributed by atoms with E-state index in [2.05, 4.69) is 25.7 Å². The van der Waals surface area contributed by atoms with Gasteiger partial charge in [-0.2, -0.15) is 0 Å². The van der Waals surface area contributed by atoms with E-state index in [0.717, 1.165) is 56.3 Å². The average molecular weight is 329 g/mol. The number of nitrogens with zero attached hydrogens (tertiary/aromatic N) is 2. The summed E-state index contributed by atoms with van der Waals surface area (Å²) >= 11 is 3.51. The molecule has 3 unspecified atom stereocenters. The van der Waals surface area contributed by atoms with Crippen molar-refractivity contribution in [3.05, 3.63) is 0 Å². The van der Waals surface area contributed by atoms with Gasteiger partial charge in [0.05, 0.1) is 0 Å². The molecular weight excluding hydrogens is 304 g/mol. The summed E-state index contributed by atoms with van der Waals surface area (Å²) in [6.45, 7) is 5.23. The Morgan fingerprint density at radius 3 is 2.68 bits per heavy atom. The Morgan fingerprint density at radius 1 is 1.11 bits per heavy atom. The van der Waals surface area contributed by atoms with Crippen LogP contribution in [0.25, 0.3) is 0 Å². The van der Waals surface area contributed by atoms with Crippen LogP contribution in [0, 0.1) is 17.8 Å². The highest BCUT2D eigenvalue weighted by Crippen LogP contribution is 2.48. The molecule has 1 aliphatic heterocycles. The highest BCUT2D eigenvalue weighted by Gasteiger charge is 2.44. The molecule has 4 heteroatoms. The maximum atomic E-state index is 12.7. The van der Waals surface area contributed by atoms with Gasteiger partial charge in [-0.1, -0.05) is 22.4 Å². The third-order valence-electron chi connectivity index (χ3n) is 5.36. The number of fused-ring (bicyclic) bond motifs is 2. The third-order valence-corrected chi connectivity index (χ3v) is 5.71. The second kappa shape index (κ2) is 6.13. The molecule has 0 spiro atoms. The van der Waals surface area contributed by atoms with Crippen molar-refractivity contribution in [2.24, 2.45) is 17.8 Å². The molecule has 1 saturated heterocycles. The molecule has 0 aromatic carbocycles. The summed E-state index contributed by atoms with van der Waals surface area (Å²) in [5.41, 5.74) is 0. The second-order valence-corrected chi connectivity index (χ2v) is 7.28. The SMILES string of the molecule is O=C(C1CC2CCC1C2)N1CCCN(CCBr)CC1. The monoisotopic (exact) mass is 328 g/mol. The average Bonchev–Trinajstić information content (AvgIpc) is 2.97. The number of carbonyl (C=O) groups is 1. The molecule has 0 N–H and O–H groups in total.